The normalized spacial score (nSPS) is 13.4. The predicted molar refractivity (Wildman–Crippen MR) is 130 cm³/mol. The van der Waals surface area contributed by atoms with Crippen LogP contribution in [0.15, 0.2) is 53.4 Å². The number of carbonyl (C=O) groups excluding carboxylic acids is 2. The van der Waals surface area contributed by atoms with Crippen LogP contribution in [0.25, 0.3) is 0 Å². The maximum atomic E-state index is 13.3. The Balaban J connectivity index is 2.27. The average Bonchev–Trinajstić information content (AvgIpc) is 2.77. The van der Waals surface area contributed by atoms with Crippen LogP contribution < -0.4 is 5.32 Å². The van der Waals surface area contributed by atoms with E-state index in [4.69, 9.17) is 11.6 Å². The highest BCUT2D eigenvalue weighted by atomic mass is 35.5. The Bertz CT molecular complexity index is 1070. The van der Waals surface area contributed by atoms with E-state index in [1.165, 1.54) is 24.1 Å². The van der Waals surface area contributed by atoms with Gasteiger partial charge in [-0.3, -0.25) is 9.59 Å². The molecule has 2 amide bonds. The fourth-order valence-corrected chi connectivity index (χ4v) is 4.47. The zero-order valence-corrected chi connectivity index (χ0v) is 21.3. The molecule has 2 aromatic carbocycles. The molecule has 0 radical (unpaired) electrons. The molecular formula is C24H32ClN3O4S. The number of amides is 2. The van der Waals surface area contributed by atoms with Crippen molar-refractivity contribution in [3.63, 3.8) is 0 Å². The second-order valence-electron chi connectivity index (χ2n) is 8.22. The lowest BCUT2D eigenvalue weighted by molar-refractivity contribution is -0.140. The topological polar surface area (TPSA) is 86.8 Å². The second kappa shape index (κ2) is 11.6. The van der Waals surface area contributed by atoms with Gasteiger partial charge < -0.3 is 10.2 Å². The van der Waals surface area contributed by atoms with Crippen molar-refractivity contribution in [3.8, 4) is 0 Å². The number of rotatable bonds is 10. The van der Waals surface area contributed by atoms with Crippen molar-refractivity contribution in [2.45, 2.75) is 57.6 Å². The highest BCUT2D eigenvalue weighted by Gasteiger charge is 2.30. The van der Waals surface area contributed by atoms with Gasteiger partial charge in [-0.05, 0) is 57.0 Å². The summed E-state index contributed by atoms with van der Waals surface area (Å²) in [5.74, 6) is -0.788. The minimum absolute atomic E-state index is 0.0485. The first-order valence-corrected chi connectivity index (χ1v) is 12.6. The first-order chi connectivity index (χ1) is 15.4. The Morgan fingerprint density at radius 1 is 1.09 bits per heavy atom. The Labute approximate surface area is 201 Å². The van der Waals surface area contributed by atoms with Crippen molar-refractivity contribution in [1.82, 2.24) is 14.5 Å². The molecule has 7 nitrogen and oxygen atoms in total. The largest absolute Gasteiger partial charge is 0.352 e. The van der Waals surface area contributed by atoms with Crippen LogP contribution >= 0.6 is 11.6 Å². The molecule has 2 atom stereocenters. The monoisotopic (exact) mass is 493 g/mol. The van der Waals surface area contributed by atoms with Gasteiger partial charge in [-0.1, -0.05) is 48.4 Å². The Morgan fingerprint density at radius 2 is 1.73 bits per heavy atom. The molecule has 2 rings (SSSR count). The van der Waals surface area contributed by atoms with Crippen LogP contribution in [0.4, 0.5) is 0 Å². The van der Waals surface area contributed by atoms with E-state index in [-0.39, 0.29) is 23.4 Å². The van der Waals surface area contributed by atoms with E-state index in [0.29, 0.717) is 5.02 Å². The van der Waals surface area contributed by atoms with Crippen LogP contribution in [-0.2, 0) is 26.2 Å². The maximum Gasteiger partial charge on any atom is 0.243 e. The number of halogens is 1. The minimum atomic E-state index is -3.87. The number of carbonyl (C=O) groups is 2. The summed E-state index contributed by atoms with van der Waals surface area (Å²) in [5, 5.41) is 3.40. The van der Waals surface area contributed by atoms with E-state index in [2.05, 4.69) is 5.32 Å². The van der Waals surface area contributed by atoms with E-state index >= 15 is 0 Å². The number of likely N-dealkylation sites (N-methyl/N-ethyl adjacent to an activating group) is 1. The molecule has 9 heteroatoms. The quantitative estimate of drug-likeness (QED) is 0.547. The highest BCUT2D eigenvalue weighted by Crippen LogP contribution is 2.18. The standard InChI is InChI=1S/C24H32ClN3O4S/c1-6-18(3)26-24(30)19(4)28(15-20-8-7-9-21(25)14-20)23(29)16-27(5)33(31,32)22-12-10-17(2)11-13-22/h7-14,18-19H,6,15-16H2,1-5H3,(H,26,30)/t18-,19+/m0/s1. The molecule has 0 spiro atoms. The number of hydrogen-bond donors (Lipinski definition) is 1. The van der Waals surface area contributed by atoms with Crippen molar-refractivity contribution in [2.75, 3.05) is 13.6 Å². The molecule has 33 heavy (non-hydrogen) atoms. The molecule has 0 saturated heterocycles. The zero-order valence-electron chi connectivity index (χ0n) is 19.7. The van der Waals surface area contributed by atoms with Gasteiger partial charge in [0.15, 0.2) is 0 Å². The van der Waals surface area contributed by atoms with Gasteiger partial charge in [-0.25, -0.2) is 8.42 Å². The van der Waals surface area contributed by atoms with E-state index < -0.39 is 28.5 Å². The molecule has 0 aliphatic carbocycles. The third kappa shape index (κ3) is 7.28. The predicted octanol–water partition coefficient (Wildman–Crippen LogP) is 3.60. The fraction of sp³-hybridized carbons (Fsp3) is 0.417. The van der Waals surface area contributed by atoms with Gasteiger partial charge in [0.25, 0.3) is 0 Å². The van der Waals surface area contributed by atoms with Gasteiger partial charge in [0.2, 0.25) is 21.8 Å². The first kappa shape index (κ1) is 26.8. The Hall–Kier alpha value is -2.42. The summed E-state index contributed by atoms with van der Waals surface area (Å²) in [4.78, 5) is 27.6. The molecule has 180 valence electrons. The molecule has 0 bridgehead atoms. The average molecular weight is 494 g/mol. The first-order valence-electron chi connectivity index (χ1n) is 10.8. The van der Waals surface area contributed by atoms with E-state index in [1.807, 2.05) is 20.8 Å². The zero-order chi connectivity index (χ0) is 24.8. The number of sulfonamides is 1. The summed E-state index contributed by atoms with van der Waals surface area (Å²) in [6.45, 7) is 7.05. The Morgan fingerprint density at radius 3 is 2.30 bits per heavy atom. The molecule has 0 heterocycles. The number of aryl methyl sites for hydroxylation is 1. The van der Waals surface area contributed by atoms with Crippen LogP contribution in [0.1, 0.15) is 38.3 Å². The second-order valence-corrected chi connectivity index (χ2v) is 10.7. The summed E-state index contributed by atoms with van der Waals surface area (Å²) >= 11 is 6.09. The van der Waals surface area contributed by atoms with Crippen LogP contribution in [-0.4, -0.2) is 55.1 Å². The molecule has 2 aromatic rings. The van der Waals surface area contributed by atoms with Gasteiger partial charge in [-0.15, -0.1) is 0 Å². The summed E-state index contributed by atoms with van der Waals surface area (Å²) in [5.41, 5.74) is 1.67. The van der Waals surface area contributed by atoms with Crippen molar-refractivity contribution < 1.29 is 18.0 Å². The third-order valence-corrected chi connectivity index (χ3v) is 7.55. The van der Waals surface area contributed by atoms with Crippen LogP contribution in [0.2, 0.25) is 5.02 Å². The summed E-state index contributed by atoms with van der Waals surface area (Å²) in [6, 6.07) is 12.6. The van der Waals surface area contributed by atoms with Crippen molar-refractivity contribution in [2.24, 2.45) is 0 Å². The van der Waals surface area contributed by atoms with Crippen molar-refractivity contribution in [1.29, 1.82) is 0 Å². The summed E-state index contributed by atoms with van der Waals surface area (Å²) < 4.78 is 26.9. The van der Waals surface area contributed by atoms with Gasteiger partial charge in [-0.2, -0.15) is 4.31 Å². The van der Waals surface area contributed by atoms with Gasteiger partial charge >= 0.3 is 0 Å². The van der Waals surface area contributed by atoms with Crippen LogP contribution in [0, 0.1) is 6.92 Å². The number of hydrogen-bond acceptors (Lipinski definition) is 4. The SMILES string of the molecule is CC[C@H](C)NC(=O)[C@@H](C)N(Cc1cccc(Cl)c1)C(=O)CN(C)S(=O)(=O)c1ccc(C)cc1. The smallest absolute Gasteiger partial charge is 0.243 e. The van der Waals surface area contributed by atoms with E-state index in [0.717, 1.165) is 21.9 Å². The van der Waals surface area contributed by atoms with E-state index in [9.17, 15) is 18.0 Å². The molecule has 0 saturated carbocycles. The van der Waals surface area contributed by atoms with Gasteiger partial charge in [0.1, 0.15) is 6.04 Å². The van der Waals surface area contributed by atoms with Crippen molar-refractivity contribution in [3.05, 3.63) is 64.7 Å². The maximum absolute atomic E-state index is 13.3. The van der Waals surface area contributed by atoms with E-state index in [1.54, 1.807) is 43.3 Å². The molecule has 1 N–H and O–H groups in total. The number of nitrogens with one attached hydrogen (secondary N) is 1. The highest BCUT2D eigenvalue weighted by molar-refractivity contribution is 7.89. The third-order valence-electron chi connectivity index (χ3n) is 5.50. The molecule has 0 aliphatic rings. The molecule has 0 unspecified atom stereocenters. The minimum Gasteiger partial charge on any atom is -0.352 e. The molecule has 0 fully saturated rings. The van der Waals surface area contributed by atoms with Crippen molar-refractivity contribution >= 4 is 33.4 Å². The summed E-state index contributed by atoms with van der Waals surface area (Å²) in [6.07, 6.45) is 0.748. The molecule has 0 aromatic heterocycles. The number of nitrogens with zero attached hydrogens (tertiary/aromatic N) is 2. The lowest BCUT2D eigenvalue weighted by Gasteiger charge is -2.31. The lowest BCUT2D eigenvalue weighted by atomic mass is 10.1. The van der Waals surface area contributed by atoms with Crippen LogP contribution in [0.5, 0.6) is 0 Å². The van der Waals surface area contributed by atoms with Gasteiger partial charge in [0.05, 0.1) is 11.4 Å². The number of benzene rings is 2. The summed E-state index contributed by atoms with van der Waals surface area (Å²) in [7, 11) is -2.51. The molecular weight excluding hydrogens is 462 g/mol. The lowest BCUT2D eigenvalue weighted by Crippen LogP contribution is -2.51. The molecule has 0 aliphatic heterocycles. The van der Waals surface area contributed by atoms with Crippen LogP contribution in [0.3, 0.4) is 0 Å². The Kier molecular flexibility index (Phi) is 9.46. The fourth-order valence-electron chi connectivity index (χ4n) is 3.14. The van der Waals surface area contributed by atoms with Gasteiger partial charge in [0, 0.05) is 24.7 Å².